The number of nitrogens with one attached hydrogen (secondary N) is 1. The molecule has 3 rings (SSSR count). The largest absolute Gasteiger partial charge is 0.324 e. The van der Waals surface area contributed by atoms with Crippen LogP contribution in [0.2, 0.25) is 0 Å². The van der Waals surface area contributed by atoms with E-state index >= 15 is 0 Å². The van der Waals surface area contributed by atoms with Crippen LogP contribution in [0.4, 0.5) is 5.69 Å². The van der Waals surface area contributed by atoms with Crippen molar-refractivity contribution in [3.63, 3.8) is 0 Å². The number of rotatable bonds is 4. The van der Waals surface area contributed by atoms with Crippen molar-refractivity contribution in [1.29, 1.82) is 0 Å². The van der Waals surface area contributed by atoms with Crippen LogP contribution in [-0.4, -0.2) is 37.1 Å². The fourth-order valence-electron chi connectivity index (χ4n) is 2.65. The topological polar surface area (TPSA) is 127 Å². The maximum absolute atomic E-state index is 12.4. The van der Waals surface area contributed by atoms with Crippen molar-refractivity contribution in [2.24, 2.45) is 5.14 Å². The van der Waals surface area contributed by atoms with Gasteiger partial charge in [-0.15, -0.1) is 0 Å². The quantitative estimate of drug-likeness (QED) is 0.772. The Morgan fingerprint density at radius 2 is 1.50 bits per heavy atom. The average molecular weight is 373 g/mol. The van der Waals surface area contributed by atoms with E-state index in [-0.39, 0.29) is 16.0 Å². The molecule has 8 nitrogen and oxygen atoms in total. The molecule has 3 amide bonds. The minimum atomic E-state index is -3.83. The summed E-state index contributed by atoms with van der Waals surface area (Å²) in [5.74, 6) is -1.64. The number of imide groups is 1. The molecule has 1 aliphatic heterocycles. The van der Waals surface area contributed by atoms with Crippen molar-refractivity contribution in [2.45, 2.75) is 17.9 Å². The van der Waals surface area contributed by atoms with Crippen molar-refractivity contribution in [1.82, 2.24) is 4.90 Å². The smallest absolute Gasteiger partial charge is 0.262 e. The van der Waals surface area contributed by atoms with Crippen molar-refractivity contribution in [3.8, 4) is 0 Å². The molecular weight excluding hydrogens is 358 g/mol. The average Bonchev–Trinajstić information content (AvgIpc) is 2.85. The van der Waals surface area contributed by atoms with Crippen LogP contribution in [-0.2, 0) is 14.8 Å². The van der Waals surface area contributed by atoms with Gasteiger partial charge >= 0.3 is 0 Å². The molecule has 0 saturated heterocycles. The summed E-state index contributed by atoms with van der Waals surface area (Å²) in [6.07, 6.45) is 0. The number of primary sulfonamides is 1. The summed E-state index contributed by atoms with van der Waals surface area (Å²) in [6.45, 7) is 1.44. The molecular formula is C17H15N3O5S. The summed E-state index contributed by atoms with van der Waals surface area (Å²) in [7, 11) is -3.83. The normalized spacial score (nSPS) is 14.9. The van der Waals surface area contributed by atoms with E-state index in [1.165, 1.54) is 43.3 Å². The fourth-order valence-corrected chi connectivity index (χ4v) is 3.17. The molecule has 1 heterocycles. The SMILES string of the molecule is C[C@H](C(=O)Nc1ccc(S(N)(=O)=O)cc1)N1C(=O)c2ccccc2C1=O. The zero-order valence-corrected chi connectivity index (χ0v) is 14.5. The summed E-state index contributed by atoms with van der Waals surface area (Å²) in [6, 6.07) is 10.5. The van der Waals surface area contributed by atoms with Crippen LogP contribution in [0, 0.1) is 0 Å². The first-order valence-electron chi connectivity index (χ1n) is 7.61. The molecule has 2 aromatic rings. The molecule has 9 heteroatoms. The molecule has 0 bridgehead atoms. The Hall–Kier alpha value is -3.04. The predicted octanol–water partition coefficient (Wildman–Crippen LogP) is 0.957. The number of fused-ring (bicyclic) bond motifs is 1. The minimum Gasteiger partial charge on any atom is -0.324 e. The highest BCUT2D eigenvalue weighted by Crippen LogP contribution is 2.25. The van der Waals surface area contributed by atoms with E-state index < -0.39 is 33.8 Å². The van der Waals surface area contributed by atoms with Gasteiger partial charge in [0.15, 0.2) is 0 Å². The van der Waals surface area contributed by atoms with Gasteiger partial charge in [0.25, 0.3) is 11.8 Å². The van der Waals surface area contributed by atoms with Crippen LogP contribution in [0.3, 0.4) is 0 Å². The van der Waals surface area contributed by atoms with Crippen molar-refractivity contribution >= 4 is 33.4 Å². The van der Waals surface area contributed by atoms with E-state index in [4.69, 9.17) is 5.14 Å². The number of sulfonamides is 1. The molecule has 0 fully saturated rings. The third kappa shape index (κ3) is 3.09. The number of benzene rings is 2. The first kappa shape index (κ1) is 17.8. The van der Waals surface area contributed by atoms with Gasteiger partial charge in [0.1, 0.15) is 6.04 Å². The van der Waals surface area contributed by atoms with Crippen molar-refractivity contribution in [2.75, 3.05) is 5.32 Å². The molecule has 134 valence electrons. The number of amides is 3. The number of anilines is 1. The fraction of sp³-hybridized carbons (Fsp3) is 0.118. The Morgan fingerprint density at radius 3 is 1.96 bits per heavy atom. The van der Waals surface area contributed by atoms with Gasteiger partial charge in [-0.2, -0.15) is 0 Å². The van der Waals surface area contributed by atoms with Gasteiger partial charge < -0.3 is 5.32 Å². The number of hydrogen-bond donors (Lipinski definition) is 2. The number of nitrogens with zero attached hydrogens (tertiary/aromatic N) is 1. The molecule has 0 aromatic heterocycles. The van der Waals surface area contributed by atoms with Crippen LogP contribution in [0.25, 0.3) is 0 Å². The van der Waals surface area contributed by atoms with Gasteiger partial charge in [-0.25, -0.2) is 13.6 Å². The summed E-state index contributed by atoms with van der Waals surface area (Å²) >= 11 is 0. The highest BCUT2D eigenvalue weighted by atomic mass is 32.2. The summed E-state index contributed by atoms with van der Waals surface area (Å²) in [4.78, 5) is 38.0. The van der Waals surface area contributed by atoms with E-state index in [1.54, 1.807) is 12.1 Å². The lowest BCUT2D eigenvalue weighted by Gasteiger charge is -2.21. The van der Waals surface area contributed by atoms with Gasteiger partial charge in [-0.3, -0.25) is 19.3 Å². The zero-order valence-electron chi connectivity index (χ0n) is 13.7. The van der Waals surface area contributed by atoms with Crippen LogP contribution < -0.4 is 10.5 Å². The Balaban J connectivity index is 1.77. The third-order valence-electron chi connectivity index (χ3n) is 4.04. The molecule has 0 spiro atoms. The molecule has 3 N–H and O–H groups in total. The van der Waals surface area contributed by atoms with Crippen LogP contribution >= 0.6 is 0 Å². The molecule has 2 aromatic carbocycles. The maximum Gasteiger partial charge on any atom is 0.262 e. The predicted molar refractivity (Wildman–Crippen MR) is 92.8 cm³/mol. The minimum absolute atomic E-state index is 0.0936. The Bertz CT molecular complexity index is 980. The number of nitrogens with two attached hydrogens (primary N) is 1. The number of hydrogen-bond acceptors (Lipinski definition) is 5. The molecule has 0 saturated carbocycles. The summed E-state index contributed by atoms with van der Waals surface area (Å²) in [5.41, 5.74) is 0.829. The number of carbonyl (C=O) groups excluding carboxylic acids is 3. The first-order chi connectivity index (χ1) is 12.2. The number of carbonyl (C=O) groups is 3. The molecule has 0 aliphatic carbocycles. The Morgan fingerprint density at radius 1 is 1.00 bits per heavy atom. The third-order valence-corrected chi connectivity index (χ3v) is 4.97. The highest BCUT2D eigenvalue weighted by molar-refractivity contribution is 7.89. The van der Waals surface area contributed by atoms with Crippen LogP contribution in [0.5, 0.6) is 0 Å². The monoisotopic (exact) mass is 373 g/mol. The van der Waals surface area contributed by atoms with Crippen LogP contribution in [0.1, 0.15) is 27.6 Å². The summed E-state index contributed by atoms with van der Waals surface area (Å²) < 4.78 is 22.5. The Labute approximate surface area is 149 Å². The standard InChI is InChI=1S/C17H15N3O5S/c1-10(20-16(22)13-4-2-3-5-14(13)17(20)23)15(21)19-11-6-8-12(9-7-11)26(18,24)25/h2-10H,1H3,(H,19,21)(H2,18,24,25)/t10-/m1/s1. The van der Waals surface area contributed by atoms with Crippen molar-refractivity contribution < 1.29 is 22.8 Å². The van der Waals surface area contributed by atoms with Crippen LogP contribution in [0.15, 0.2) is 53.4 Å². The van der Waals surface area contributed by atoms with E-state index in [1.807, 2.05) is 0 Å². The molecule has 1 atom stereocenters. The van der Waals surface area contributed by atoms with E-state index in [0.29, 0.717) is 5.69 Å². The van der Waals surface area contributed by atoms with E-state index in [0.717, 1.165) is 4.90 Å². The van der Waals surface area contributed by atoms with Crippen molar-refractivity contribution in [3.05, 3.63) is 59.7 Å². The Kier molecular flexibility index (Phi) is 4.34. The van der Waals surface area contributed by atoms with E-state index in [2.05, 4.69) is 5.32 Å². The lowest BCUT2D eigenvalue weighted by Crippen LogP contribution is -2.45. The zero-order chi connectivity index (χ0) is 19.1. The van der Waals surface area contributed by atoms with Gasteiger partial charge in [-0.05, 0) is 43.3 Å². The van der Waals surface area contributed by atoms with Gasteiger partial charge in [-0.1, -0.05) is 12.1 Å². The second-order valence-electron chi connectivity index (χ2n) is 5.76. The molecule has 26 heavy (non-hydrogen) atoms. The molecule has 0 unspecified atom stereocenters. The molecule has 0 radical (unpaired) electrons. The second kappa shape index (κ2) is 6.36. The second-order valence-corrected chi connectivity index (χ2v) is 7.32. The lowest BCUT2D eigenvalue weighted by molar-refractivity contribution is -0.119. The first-order valence-corrected chi connectivity index (χ1v) is 9.15. The van der Waals surface area contributed by atoms with Gasteiger partial charge in [0.2, 0.25) is 15.9 Å². The summed E-state index contributed by atoms with van der Waals surface area (Å²) in [5, 5.41) is 7.56. The molecule has 1 aliphatic rings. The van der Waals surface area contributed by atoms with E-state index in [9.17, 15) is 22.8 Å². The highest BCUT2D eigenvalue weighted by Gasteiger charge is 2.40. The van der Waals surface area contributed by atoms with Gasteiger partial charge in [0.05, 0.1) is 16.0 Å². The maximum atomic E-state index is 12.4. The van der Waals surface area contributed by atoms with Gasteiger partial charge in [0, 0.05) is 5.69 Å². The lowest BCUT2D eigenvalue weighted by atomic mass is 10.1.